The van der Waals surface area contributed by atoms with Crippen LogP contribution in [0.3, 0.4) is 0 Å². The molecule has 1 fully saturated rings. The van der Waals surface area contributed by atoms with E-state index in [1.165, 1.54) is 12.3 Å². The molecule has 1 aromatic heterocycles. The zero-order valence-corrected chi connectivity index (χ0v) is 21.7. The van der Waals surface area contributed by atoms with Crippen molar-refractivity contribution in [2.24, 2.45) is 5.92 Å². The van der Waals surface area contributed by atoms with Gasteiger partial charge < -0.3 is 20.3 Å². The summed E-state index contributed by atoms with van der Waals surface area (Å²) in [6.45, 7) is 7.16. The second-order valence-electron chi connectivity index (χ2n) is 9.93. The predicted octanol–water partition coefficient (Wildman–Crippen LogP) is 3.27. The van der Waals surface area contributed by atoms with Gasteiger partial charge in [-0.1, -0.05) is 0 Å². The number of piperidine rings is 1. The van der Waals surface area contributed by atoms with Gasteiger partial charge in [-0.15, -0.1) is 0 Å². The molecule has 190 valence electrons. The number of rotatable bonds is 7. The number of aromatic nitrogens is 1. The Morgan fingerprint density at radius 2 is 1.77 bits per heavy atom. The van der Waals surface area contributed by atoms with Crippen LogP contribution in [-0.4, -0.2) is 57.2 Å². The lowest BCUT2D eigenvalue weighted by atomic mass is 9.92. The number of nitrogens with one attached hydrogen (secondary N) is 2. The molecule has 1 aromatic carbocycles. The van der Waals surface area contributed by atoms with Gasteiger partial charge in [-0.3, -0.25) is 9.59 Å². The van der Waals surface area contributed by atoms with Crippen molar-refractivity contribution in [2.45, 2.75) is 50.5 Å². The van der Waals surface area contributed by atoms with Crippen molar-refractivity contribution in [3.63, 3.8) is 0 Å². The summed E-state index contributed by atoms with van der Waals surface area (Å²) in [4.78, 5) is 31.7. The highest BCUT2D eigenvalue weighted by Gasteiger charge is 2.26. The third kappa shape index (κ3) is 7.42. The zero-order valence-electron chi connectivity index (χ0n) is 20.9. The van der Waals surface area contributed by atoms with Crippen molar-refractivity contribution in [1.29, 1.82) is 0 Å². The number of hydrogen-bond donors (Lipinski definition) is 2. The maximum atomic E-state index is 12.9. The molecule has 2 heterocycles. The van der Waals surface area contributed by atoms with Crippen molar-refractivity contribution >= 4 is 33.2 Å². The second kappa shape index (κ2) is 10.6. The quantitative estimate of drug-likeness (QED) is 0.597. The highest BCUT2D eigenvalue weighted by atomic mass is 32.2. The first-order valence-electron chi connectivity index (χ1n) is 11.6. The fourth-order valence-corrected chi connectivity index (χ4v) is 4.58. The van der Waals surface area contributed by atoms with E-state index in [9.17, 15) is 18.0 Å². The summed E-state index contributed by atoms with van der Waals surface area (Å²) in [6.07, 6.45) is 4.47. The number of amides is 2. The van der Waals surface area contributed by atoms with Gasteiger partial charge in [0.15, 0.2) is 15.7 Å². The minimum atomic E-state index is -3.51. The third-order valence-electron chi connectivity index (χ3n) is 5.77. The molecule has 0 unspecified atom stereocenters. The SMILES string of the molecule is COc1ccc(C(=O)Nc2cc(S(C)(=O)=O)cnc2N2CCC(CC(=O)NC(C)(C)C)CC2)cc1. The molecular formula is C25H34N4O5S. The molecule has 2 N–H and O–H groups in total. The molecule has 9 nitrogen and oxygen atoms in total. The lowest BCUT2D eigenvalue weighted by Crippen LogP contribution is -2.42. The Kier molecular flexibility index (Phi) is 8.04. The Labute approximate surface area is 207 Å². The molecule has 0 atom stereocenters. The van der Waals surface area contributed by atoms with E-state index in [1.54, 1.807) is 31.4 Å². The van der Waals surface area contributed by atoms with E-state index < -0.39 is 9.84 Å². The van der Waals surface area contributed by atoms with Crippen molar-refractivity contribution < 1.29 is 22.7 Å². The van der Waals surface area contributed by atoms with Gasteiger partial charge >= 0.3 is 0 Å². The molecule has 0 radical (unpaired) electrons. The summed E-state index contributed by atoms with van der Waals surface area (Å²) >= 11 is 0. The smallest absolute Gasteiger partial charge is 0.255 e. The van der Waals surface area contributed by atoms with Crippen LogP contribution in [0.4, 0.5) is 11.5 Å². The van der Waals surface area contributed by atoms with Gasteiger partial charge in [-0.25, -0.2) is 13.4 Å². The average Bonchev–Trinajstić information content (AvgIpc) is 2.78. The van der Waals surface area contributed by atoms with Crippen LogP contribution in [0.25, 0.3) is 0 Å². The number of nitrogens with zero attached hydrogens (tertiary/aromatic N) is 2. The number of anilines is 2. The Morgan fingerprint density at radius 3 is 2.31 bits per heavy atom. The van der Waals surface area contributed by atoms with Crippen LogP contribution < -0.4 is 20.3 Å². The van der Waals surface area contributed by atoms with Gasteiger partial charge in [0, 0.05) is 43.1 Å². The minimum absolute atomic E-state index is 0.0278. The molecule has 0 saturated carbocycles. The molecule has 3 rings (SSSR count). The second-order valence-corrected chi connectivity index (χ2v) is 11.9. The van der Waals surface area contributed by atoms with Crippen LogP contribution in [0, 0.1) is 5.92 Å². The zero-order chi connectivity index (χ0) is 25.8. The van der Waals surface area contributed by atoms with E-state index in [0.29, 0.717) is 42.3 Å². The van der Waals surface area contributed by atoms with Crippen LogP contribution >= 0.6 is 0 Å². The number of carbonyl (C=O) groups excluding carboxylic acids is 2. The standard InChI is InChI=1S/C25H34N4O5S/c1-25(2,3)28-22(30)14-17-10-12-29(13-11-17)23-21(15-20(16-26-23)35(5,32)33)27-24(31)18-6-8-19(34-4)9-7-18/h6-9,15-17H,10-14H2,1-5H3,(H,27,31)(H,28,30). The number of ether oxygens (including phenoxy) is 1. The van der Waals surface area contributed by atoms with E-state index in [-0.39, 0.29) is 28.2 Å². The Balaban J connectivity index is 1.76. The highest BCUT2D eigenvalue weighted by molar-refractivity contribution is 7.90. The summed E-state index contributed by atoms with van der Waals surface area (Å²) in [6, 6.07) is 8.08. The van der Waals surface area contributed by atoms with E-state index in [4.69, 9.17) is 4.74 Å². The number of hydrogen-bond acceptors (Lipinski definition) is 7. The fraction of sp³-hybridized carbons (Fsp3) is 0.480. The molecule has 0 spiro atoms. The van der Waals surface area contributed by atoms with E-state index >= 15 is 0 Å². The summed E-state index contributed by atoms with van der Waals surface area (Å²) in [7, 11) is -1.97. The van der Waals surface area contributed by atoms with Gasteiger partial charge in [0.2, 0.25) is 5.91 Å². The molecule has 10 heteroatoms. The van der Waals surface area contributed by atoms with Gasteiger partial charge in [0.1, 0.15) is 5.75 Å². The molecule has 0 aliphatic carbocycles. The molecule has 2 aromatic rings. The molecular weight excluding hydrogens is 468 g/mol. The van der Waals surface area contributed by atoms with Crippen LogP contribution in [0.1, 0.15) is 50.4 Å². The monoisotopic (exact) mass is 502 g/mol. The largest absolute Gasteiger partial charge is 0.497 e. The van der Waals surface area contributed by atoms with Crippen LogP contribution in [0.5, 0.6) is 5.75 Å². The maximum Gasteiger partial charge on any atom is 0.255 e. The molecule has 35 heavy (non-hydrogen) atoms. The first-order valence-corrected chi connectivity index (χ1v) is 13.5. The fourth-order valence-electron chi connectivity index (χ4n) is 4.00. The number of pyridine rings is 1. The molecule has 1 aliphatic rings. The third-order valence-corrected chi connectivity index (χ3v) is 6.85. The van der Waals surface area contributed by atoms with Crippen LogP contribution in [0.2, 0.25) is 0 Å². The lowest BCUT2D eigenvalue weighted by molar-refractivity contribution is -0.123. The molecule has 1 saturated heterocycles. The first kappa shape index (κ1) is 26.5. The van der Waals surface area contributed by atoms with Crippen molar-refractivity contribution in [2.75, 3.05) is 36.7 Å². The highest BCUT2D eigenvalue weighted by Crippen LogP contribution is 2.31. The summed E-state index contributed by atoms with van der Waals surface area (Å²) in [5, 5.41) is 5.84. The summed E-state index contributed by atoms with van der Waals surface area (Å²) < 4.78 is 29.4. The molecule has 2 amide bonds. The number of carbonyl (C=O) groups is 2. The lowest BCUT2D eigenvalue weighted by Gasteiger charge is -2.34. The Hall–Kier alpha value is -3.14. The number of methoxy groups -OCH3 is 1. The average molecular weight is 503 g/mol. The van der Waals surface area contributed by atoms with Gasteiger partial charge in [0.25, 0.3) is 5.91 Å². The first-order chi connectivity index (χ1) is 16.4. The number of sulfone groups is 1. The van der Waals surface area contributed by atoms with Crippen molar-refractivity contribution in [1.82, 2.24) is 10.3 Å². The van der Waals surface area contributed by atoms with E-state index in [0.717, 1.165) is 19.1 Å². The Bertz CT molecular complexity index is 1170. The van der Waals surface area contributed by atoms with E-state index in [1.807, 2.05) is 25.7 Å². The number of benzene rings is 1. The van der Waals surface area contributed by atoms with Gasteiger partial charge in [-0.2, -0.15) is 0 Å². The summed E-state index contributed by atoms with van der Waals surface area (Å²) in [5.74, 6) is 1.05. The predicted molar refractivity (Wildman–Crippen MR) is 136 cm³/mol. The molecule has 0 bridgehead atoms. The van der Waals surface area contributed by atoms with Gasteiger partial charge in [0.05, 0.1) is 17.7 Å². The normalized spacial score (nSPS) is 14.9. The molecule has 1 aliphatic heterocycles. The van der Waals surface area contributed by atoms with Crippen LogP contribution in [-0.2, 0) is 14.6 Å². The minimum Gasteiger partial charge on any atom is -0.497 e. The Morgan fingerprint density at radius 1 is 1.14 bits per heavy atom. The topological polar surface area (TPSA) is 118 Å². The van der Waals surface area contributed by atoms with Crippen LogP contribution in [0.15, 0.2) is 41.4 Å². The van der Waals surface area contributed by atoms with Crippen molar-refractivity contribution in [3.8, 4) is 5.75 Å². The summed E-state index contributed by atoms with van der Waals surface area (Å²) in [5.41, 5.74) is 0.475. The maximum absolute atomic E-state index is 12.9. The van der Waals surface area contributed by atoms with E-state index in [2.05, 4.69) is 15.6 Å². The van der Waals surface area contributed by atoms with Gasteiger partial charge in [-0.05, 0) is 69.9 Å². The van der Waals surface area contributed by atoms with Crippen molar-refractivity contribution in [3.05, 3.63) is 42.1 Å².